The van der Waals surface area contributed by atoms with E-state index in [1.54, 1.807) is 4.57 Å². The number of carbonyl (C=O) groups is 3. The standard InChI is InChI=1S/C23H24N4O7/c1-12-7-5-6-8-16(12)18-19-22(25-10-24-18)27(11-26-19)23-21(33-15(4)30)20(32-14(3)29)17(34-23)9-31-13(2)28/h5-8,10-11,17,20-21,23H,9H2,1-4H3/t17-,20-,21-,23-/m1/s1. The number of hydrogen-bond acceptors (Lipinski definition) is 10. The highest BCUT2D eigenvalue weighted by molar-refractivity contribution is 5.88. The lowest BCUT2D eigenvalue weighted by Crippen LogP contribution is -2.40. The average Bonchev–Trinajstić information content (AvgIpc) is 3.34. The number of ether oxygens (including phenoxy) is 4. The van der Waals surface area contributed by atoms with E-state index in [-0.39, 0.29) is 6.61 Å². The molecular formula is C23H24N4O7. The Morgan fingerprint density at radius 2 is 1.68 bits per heavy atom. The Labute approximate surface area is 195 Å². The van der Waals surface area contributed by atoms with E-state index in [9.17, 15) is 14.4 Å². The minimum atomic E-state index is -1.03. The quantitative estimate of drug-likeness (QED) is 0.391. The van der Waals surface area contributed by atoms with E-state index in [0.717, 1.165) is 11.1 Å². The minimum Gasteiger partial charge on any atom is -0.463 e. The van der Waals surface area contributed by atoms with Crippen molar-refractivity contribution in [2.45, 2.75) is 52.2 Å². The van der Waals surface area contributed by atoms with Crippen molar-refractivity contribution in [3.63, 3.8) is 0 Å². The van der Waals surface area contributed by atoms with E-state index in [0.29, 0.717) is 16.9 Å². The van der Waals surface area contributed by atoms with Gasteiger partial charge in [0, 0.05) is 26.3 Å². The van der Waals surface area contributed by atoms with Crippen molar-refractivity contribution in [2.24, 2.45) is 0 Å². The van der Waals surface area contributed by atoms with Gasteiger partial charge in [-0.2, -0.15) is 0 Å². The molecule has 0 saturated carbocycles. The van der Waals surface area contributed by atoms with Crippen molar-refractivity contribution >= 4 is 29.1 Å². The van der Waals surface area contributed by atoms with Crippen LogP contribution in [0.5, 0.6) is 0 Å². The third-order valence-electron chi connectivity index (χ3n) is 5.37. The van der Waals surface area contributed by atoms with Gasteiger partial charge in [-0.25, -0.2) is 15.0 Å². The maximum absolute atomic E-state index is 11.9. The normalized spacial score (nSPS) is 21.9. The lowest BCUT2D eigenvalue weighted by molar-refractivity contribution is -0.166. The van der Waals surface area contributed by atoms with Gasteiger partial charge in [-0.3, -0.25) is 19.0 Å². The highest BCUT2D eigenvalue weighted by Crippen LogP contribution is 2.37. The van der Waals surface area contributed by atoms with Gasteiger partial charge in [-0.05, 0) is 12.5 Å². The topological polar surface area (TPSA) is 132 Å². The molecule has 0 spiro atoms. The lowest BCUT2D eigenvalue weighted by Gasteiger charge is -2.23. The summed E-state index contributed by atoms with van der Waals surface area (Å²) in [5.41, 5.74) is 3.51. The van der Waals surface area contributed by atoms with Crippen LogP contribution in [0.2, 0.25) is 0 Å². The second-order valence-corrected chi connectivity index (χ2v) is 7.88. The van der Waals surface area contributed by atoms with Crippen LogP contribution in [0.1, 0.15) is 32.6 Å². The van der Waals surface area contributed by atoms with Gasteiger partial charge in [0.25, 0.3) is 0 Å². The molecule has 0 radical (unpaired) electrons. The molecule has 1 aliphatic heterocycles. The van der Waals surface area contributed by atoms with Crippen molar-refractivity contribution < 1.29 is 33.3 Å². The molecule has 3 aromatic rings. The Morgan fingerprint density at radius 1 is 0.971 bits per heavy atom. The Balaban J connectivity index is 1.78. The summed E-state index contributed by atoms with van der Waals surface area (Å²) < 4.78 is 23.7. The van der Waals surface area contributed by atoms with Crippen LogP contribution >= 0.6 is 0 Å². The molecule has 1 aromatic carbocycles. The number of rotatable bonds is 6. The molecule has 1 aliphatic rings. The predicted octanol–water partition coefficient (Wildman–Crippen LogP) is 2.13. The maximum Gasteiger partial charge on any atom is 0.303 e. The van der Waals surface area contributed by atoms with Gasteiger partial charge >= 0.3 is 17.9 Å². The van der Waals surface area contributed by atoms with E-state index < -0.39 is 42.4 Å². The van der Waals surface area contributed by atoms with Crippen LogP contribution in [-0.2, 0) is 33.3 Å². The maximum atomic E-state index is 11.9. The second-order valence-electron chi connectivity index (χ2n) is 7.88. The molecule has 0 unspecified atom stereocenters. The molecule has 11 nitrogen and oxygen atoms in total. The minimum absolute atomic E-state index is 0.197. The number of fused-ring (bicyclic) bond motifs is 1. The summed E-state index contributed by atoms with van der Waals surface area (Å²) in [5, 5.41) is 0. The van der Waals surface area contributed by atoms with Gasteiger partial charge in [0.15, 0.2) is 24.1 Å². The van der Waals surface area contributed by atoms with Gasteiger partial charge in [0.05, 0.1) is 6.33 Å². The molecular weight excluding hydrogens is 444 g/mol. The SMILES string of the molecule is CC(=O)OC[C@H]1O[C@@H](n2cnc3c(-c4ccccc4C)ncnc32)[C@H](OC(C)=O)[C@@H]1OC(C)=O. The molecule has 1 fully saturated rings. The van der Waals surface area contributed by atoms with Crippen molar-refractivity contribution in [3.8, 4) is 11.3 Å². The monoisotopic (exact) mass is 468 g/mol. The molecule has 3 heterocycles. The van der Waals surface area contributed by atoms with Gasteiger partial charge in [0.2, 0.25) is 0 Å². The fourth-order valence-corrected chi connectivity index (χ4v) is 3.99. The fourth-order valence-electron chi connectivity index (χ4n) is 3.99. The van der Waals surface area contributed by atoms with Gasteiger partial charge in [0.1, 0.15) is 30.2 Å². The number of hydrogen-bond donors (Lipinski definition) is 0. The number of carbonyl (C=O) groups excluding carboxylic acids is 3. The second kappa shape index (κ2) is 9.56. The molecule has 0 aliphatic carbocycles. The third-order valence-corrected chi connectivity index (χ3v) is 5.37. The first-order valence-corrected chi connectivity index (χ1v) is 10.6. The zero-order valence-corrected chi connectivity index (χ0v) is 19.1. The summed E-state index contributed by atoms with van der Waals surface area (Å²) in [6, 6.07) is 7.76. The summed E-state index contributed by atoms with van der Waals surface area (Å²) in [6.45, 7) is 5.50. The van der Waals surface area contributed by atoms with Crippen LogP contribution in [0, 0.1) is 6.92 Å². The highest BCUT2D eigenvalue weighted by Gasteiger charge is 2.51. The summed E-state index contributed by atoms with van der Waals surface area (Å²) in [5.74, 6) is -1.72. The Kier molecular flexibility index (Phi) is 6.55. The zero-order valence-electron chi connectivity index (χ0n) is 19.1. The van der Waals surface area contributed by atoms with Crippen molar-refractivity contribution in [1.29, 1.82) is 0 Å². The third kappa shape index (κ3) is 4.60. The summed E-state index contributed by atoms with van der Waals surface area (Å²) in [4.78, 5) is 48.4. The molecule has 34 heavy (non-hydrogen) atoms. The van der Waals surface area contributed by atoms with Gasteiger partial charge in [-0.15, -0.1) is 0 Å². The Bertz CT molecular complexity index is 1240. The fraction of sp³-hybridized carbons (Fsp3) is 0.391. The number of aromatic nitrogens is 4. The first-order valence-electron chi connectivity index (χ1n) is 10.6. The zero-order chi connectivity index (χ0) is 24.4. The van der Waals surface area contributed by atoms with Crippen LogP contribution in [0.4, 0.5) is 0 Å². The van der Waals surface area contributed by atoms with E-state index in [4.69, 9.17) is 18.9 Å². The van der Waals surface area contributed by atoms with Crippen LogP contribution < -0.4 is 0 Å². The molecule has 178 valence electrons. The summed E-state index contributed by atoms with van der Waals surface area (Å²) >= 11 is 0. The Hall–Kier alpha value is -3.86. The van der Waals surface area contributed by atoms with Crippen LogP contribution in [-0.4, -0.2) is 62.3 Å². The van der Waals surface area contributed by atoms with Crippen molar-refractivity contribution in [2.75, 3.05) is 6.61 Å². The molecule has 4 atom stereocenters. The molecule has 0 amide bonds. The van der Waals surface area contributed by atoms with Crippen LogP contribution in [0.3, 0.4) is 0 Å². The molecule has 2 aromatic heterocycles. The van der Waals surface area contributed by atoms with Crippen LogP contribution in [0.15, 0.2) is 36.9 Å². The van der Waals surface area contributed by atoms with Gasteiger partial charge in [-0.1, -0.05) is 24.3 Å². The predicted molar refractivity (Wildman–Crippen MR) is 117 cm³/mol. The largest absolute Gasteiger partial charge is 0.463 e. The summed E-state index contributed by atoms with van der Waals surface area (Å²) in [6.07, 6.45) is -0.952. The molecule has 4 rings (SSSR count). The molecule has 0 N–H and O–H groups in total. The highest BCUT2D eigenvalue weighted by atomic mass is 16.7. The van der Waals surface area contributed by atoms with Crippen LogP contribution in [0.25, 0.3) is 22.4 Å². The number of benzene rings is 1. The lowest BCUT2D eigenvalue weighted by atomic mass is 10.1. The first-order chi connectivity index (χ1) is 16.3. The number of aryl methyl sites for hydroxylation is 1. The number of nitrogens with zero attached hydrogens (tertiary/aromatic N) is 4. The smallest absolute Gasteiger partial charge is 0.303 e. The average molecular weight is 468 g/mol. The number of esters is 3. The Morgan fingerprint density at radius 3 is 2.35 bits per heavy atom. The van der Waals surface area contributed by atoms with Gasteiger partial charge < -0.3 is 18.9 Å². The van der Waals surface area contributed by atoms with E-state index in [1.165, 1.54) is 33.4 Å². The molecule has 0 bridgehead atoms. The van der Waals surface area contributed by atoms with Crippen molar-refractivity contribution in [3.05, 3.63) is 42.5 Å². The van der Waals surface area contributed by atoms with Crippen molar-refractivity contribution in [1.82, 2.24) is 19.5 Å². The van der Waals surface area contributed by atoms with E-state index >= 15 is 0 Å². The molecule has 1 saturated heterocycles. The summed E-state index contributed by atoms with van der Waals surface area (Å²) in [7, 11) is 0. The van der Waals surface area contributed by atoms with E-state index in [1.807, 2.05) is 31.2 Å². The molecule has 11 heteroatoms. The van der Waals surface area contributed by atoms with E-state index in [2.05, 4.69) is 15.0 Å². The first kappa shape index (κ1) is 23.3. The number of imidazole rings is 1.